The van der Waals surface area contributed by atoms with E-state index in [4.69, 9.17) is 5.73 Å². The van der Waals surface area contributed by atoms with Crippen LogP contribution in [0.15, 0.2) is 32.7 Å². The molecular formula is C23H32N4O3S. The van der Waals surface area contributed by atoms with Gasteiger partial charge in [0.2, 0.25) is 5.91 Å². The lowest BCUT2D eigenvalue weighted by Crippen LogP contribution is -2.46. The molecule has 0 bridgehead atoms. The highest BCUT2D eigenvalue weighted by Crippen LogP contribution is 2.31. The number of carbonyl (C=O) groups is 1. The molecule has 1 saturated carbocycles. The molecule has 0 aliphatic heterocycles. The first kappa shape index (κ1) is 23.2. The molecule has 2 aromatic rings. The minimum absolute atomic E-state index is 0.0756. The fourth-order valence-electron chi connectivity index (χ4n) is 4.04. The van der Waals surface area contributed by atoms with E-state index in [1.54, 1.807) is 4.90 Å². The number of benzene rings is 1. The number of nitrogens with one attached hydrogen (secondary N) is 1. The smallest absolute Gasteiger partial charge is 0.330 e. The summed E-state index contributed by atoms with van der Waals surface area (Å²) in [5.74, 6) is 0.123. The van der Waals surface area contributed by atoms with Gasteiger partial charge in [0, 0.05) is 17.5 Å². The number of nitrogen functional groups attached to an aromatic ring is 1. The van der Waals surface area contributed by atoms with Crippen LogP contribution in [0.3, 0.4) is 0 Å². The van der Waals surface area contributed by atoms with E-state index < -0.39 is 11.2 Å². The summed E-state index contributed by atoms with van der Waals surface area (Å²) in [7, 11) is 0. The lowest BCUT2D eigenvalue weighted by Gasteiger charge is -2.30. The Morgan fingerprint density at radius 3 is 2.58 bits per heavy atom. The van der Waals surface area contributed by atoms with Gasteiger partial charge in [0.25, 0.3) is 5.56 Å². The van der Waals surface area contributed by atoms with Crippen LogP contribution in [0.1, 0.15) is 56.6 Å². The van der Waals surface area contributed by atoms with Gasteiger partial charge in [-0.25, -0.2) is 4.79 Å². The number of carbonyl (C=O) groups excluding carboxylic acids is 1. The van der Waals surface area contributed by atoms with Crippen molar-refractivity contribution in [2.75, 3.05) is 16.4 Å². The molecule has 1 heterocycles. The molecule has 1 aromatic heterocycles. The minimum Gasteiger partial charge on any atom is -0.383 e. The Morgan fingerprint density at radius 1 is 1.23 bits per heavy atom. The van der Waals surface area contributed by atoms with E-state index in [9.17, 15) is 14.4 Å². The Labute approximate surface area is 187 Å². The van der Waals surface area contributed by atoms with Crippen LogP contribution in [0.4, 0.5) is 11.5 Å². The molecule has 3 rings (SSSR count). The van der Waals surface area contributed by atoms with Gasteiger partial charge in [0.1, 0.15) is 5.82 Å². The predicted molar refractivity (Wildman–Crippen MR) is 127 cm³/mol. The van der Waals surface area contributed by atoms with Gasteiger partial charge in [-0.15, -0.1) is 11.8 Å². The van der Waals surface area contributed by atoms with Gasteiger partial charge in [-0.3, -0.25) is 19.1 Å². The van der Waals surface area contributed by atoms with Gasteiger partial charge in [-0.05, 0) is 56.4 Å². The second-order valence-corrected chi connectivity index (χ2v) is 9.28. The summed E-state index contributed by atoms with van der Waals surface area (Å²) in [6.45, 7) is 6.53. The number of rotatable bonds is 8. The molecule has 7 nitrogen and oxygen atoms in total. The van der Waals surface area contributed by atoms with Crippen molar-refractivity contribution in [2.24, 2.45) is 0 Å². The molecule has 3 N–H and O–H groups in total. The second-order valence-electron chi connectivity index (χ2n) is 8.24. The fourth-order valence-corrected chi connectivity index (χ4v) is 4.89. The number of nitrogens with zero attached hydrogens (tertiary/aromatic N) is 2. The number of unbranched alkanes of at least 4 members (excludes halogenated alkanes) is 1. The molecule has 1 amide bonds. The Balaban J connectivity index is 1.94. The topological polar surface area (TPSA) is 101 Å². The summed E-state index contributed by atoms with van der Waals surface area (Å²) in [5, 5.41) is 0. The van der Waals surface area contributed by atoms with E-state index >= 15 is 0 Å². The number of aryl methyl sites for hydroxylation is 2. The molecule has 1 aliphatic rings. The van der Waals surface area contributed by atoms with E-state index in [1.807, 2.05) is 26.0 Å². The molecule has 8 heteroatoms. The van der Waals surface area contributed by atoms with Crippen LogP contribution in [-0.2, 0) is 11.3 Å². The largest absolute Gasteiger partial charge is 0.383 e. The van der Waals surface area contributed by atoms with E-state index in [0.29, 0.717) is 6.54 Å². The van der Waals surface area contributed by atoms with Crippen molar-refractivity contribution in [2.45, 2.75) is 76.8 Å². The van der Waals surface area contributed by atoms with E-state index in [0.717, 1.165) is 43.4 Å². The number of anilines is 2. The van der Waals surface area contributed by atoms with Crippen molar-refractivity contribution in [1.29, 1.82) is 0 Å². The van der Waals surface area contributed by atoms with Gasteiger partial charge in [-0.1, -0.05) is 32.3 Å². The molecule has 0 saturated heterocycles. The predicted octanol–water partition coefficient (Wildman–Crippen LogP) is 3.60. The molecule has 0 unspecified atom stereocenters. The maximum Gasteiger partial charge on any atom is 0.330 e. The van der Waals surface area contributed by atoms with Crippen molar-refractivity contribution < 1.29 is 4.79 Å². The highest BCUT2D eigenvalue weighted by atomic mass is 32.2. The number of hydrogen-bond acceptors (Lipinski definition) is 5. The summed E-state index contributed by atoms with van der Waals surface area (Å²) in [5.41, 5.74) is 7.70. The van der Waals surface area contributed by atoms with E-state index in [-0.39, 0.29) is 29.2 Å². The summed E-state index contributed by atoms with van der Waals surface area (Å²) in [6.07, 6.45) is 5.31. The van der Waals surface area contributed by atoms with Crippen LogP contribution < -0.4 is 21.9 Å². The van der Waals surface area contributed by atoms with Crippen molar-refractivity contribution >= 4 is 29.2 Å². The maximum atomic E-state index is 13.4. The van der Waals surface area contributed by atoms with Gasteiger partial charge in [-0.2, -0.15) is 0 Å². The van der Waals surface area contributed by atoms with Gasteiger partial charge in [0.15, 0.2) is 5.69 Å². The first-order valence-electron chi connectivity index (χ1n) is 11.0. The molecule has 0 radical (unpaired) electrons. The number of nitrogens with two attached hydrogens (primary N) is 1. The number of H-pyrrole nitrogens is 1. The van der Waals surface area contributed by atoms with Crippen molar-refractivity contribution in [3.63, 3.8) is 0 Å². The Morgan fingerprint density at radius 2 is 1.94 bits per heavy atom. The average Bonchev–Trinajstić information content (AvgIpc) is 3.25. The number of hydrogen-bond donors (Lipinski definition) is 2. The summed E-state index contributed by atoms with van der Waals surface area (Å²) < 4.78 is 1.38. The third kappa shape index (κ3) is 5.23. The van der Waals surface area contributed by atoms with Crippen LogP contribution in [-0.4, -0.2) is 27.3 Å². The molecule has 1 aliphatic carbocycles. The van der Waals surface area contributed by atoms with Crippen LogP contribution in [0.25, 0.3) is 0 Å². The van der Waals surface area contributed by atoms with E-state index in [2.05, 4.69) is 18.0 Å². The van der Waals surface area contributed by atoms with Gasteiger partial charge in [0.05, 0.1) is 5.75 Å². The number of aromatic nitrogens is 2. The lowest BCUT2D eigenvalue weighted by atomic mass is 10.1. The quantitative estimate of drug-likeness (QED) is 0.606. The van der Waals surface area contributed by atoms with Gasteiger partial charge < -0.3 is 10.6 Å². The summed E-state index contributed by atoms with van der Waals surface area (Å²) >= 11 is 1.45. The molecular weight excluding hydrogens is 412 g/mol. The SMILES string of the molecule is CCCCn1c(N)c(N(C(=O)CSc2ccc(C)c(C)c2)C2CCCC2)c(=O)[nH]c1=O. The first-order valence-corrected chi connectivity index (χ1v) is 12.0. The number of aromatic amines is 1. The highest BCUT2D eigenvalue weighted by molar-refractivity contribution is 8.00. The Hall–Kier alpha value is -2.48. The van der Waals surface area contributed by atoms with Crippen LogP contribution in [0.2, 0.25) is 0 Å². The normalized spacial score (nSPS) is 14.2. The summed E-state index contributed by atoms with van der Waals surface area (Å²) in [4.78, 5) is 43.5. The second kappa shape index (κ2) is 10.2. The van der Waals surface area contributed by atoms with Crippen LogP contribution in [0, 0.1) is 13.8 Å². The molecule has 1 fully saturated rings. The Kier molecular flexibility index (Phi) is 7.64. The third-order valence-corrected chi connectivity index (χ3v) is 6.97. The lowest BCUT2D eigenvalue weighted by molar-refractivity contribution is -0.116. The summed E-state index contributed by atoms with van der Waals surface area (Å²) in [6, 6.07) is 6.04. The fraction of sp³-hybridized carbons (Fsp3) is 0.522. The molecule has 0 spiro atoms. The number of thioether (sulfide) groups is 1. The third-order valence-electron chi connectivity index (χ3n) is 5.99. The highest BCUT2D eigenvalue weighted by Gasteiger charge is 2.32. The zero-order valence-corrected chi connectivity index (χ0v) is 19.4. The monoisotopic (exact) mass is 444 g/mol. The average molecular weight is 445 g/mol. The van der Waals surface area contributed by atoms with E-state index in [1.165, 1.54) is 27.5 Å². The van der Waals surface area contributed by atoms with Crippen molar-refractivity contribution in [3.05, 3.63) is 50.2 Å². The van der Waals surface area contributed by atoms with Crippen molar-refractivity contribution in [3.8, 4) is 0 Å². The molecule has 0 atom stereocenters. The maximum absolute atomic E-state index is 13.4. The Bertz CT molecular complexity index is 1050. The van der Waals surface area contributed by atoms with Crippen molar-refractivity contribution in [1.82, 2.24) is 9.55 Å². The first-order chi connectivity index (χ1) is 14.8. The zero-order chi connectivity index (χ0) is 22.5. The van der Waals surface area contributed by atoms with Crippen LogP contribution in [0.5, 0.6) is 0 Å². The molecule has 31 heavy (non-hydrogen) atoms. The van der Waals surface area contributed by atoms with Crippen LogP contribution >= 0.6 is 11.8 Å². The standard InChI is InChI=1S/C23H32N4O3S/c1-4-5-12-26-21(24)20(22(29)25-23(26)30)27(17-8-6-7-9-17)19(28)14-31-18-11-10-15(2)16(3)13-18/h10-11,13,17H,4-9,12,14,24H2,1-3H3,(H,25,29,30). The minimum atomic E-state index is -0.591. The molecule has 168 valence electrons. The molecule has 1 aromatic carbocycles. The van der Waals surface area contributed by atoms with Gasteiger partial charge >= 0.3 is 5.69 Å². The zero-order valence-electron chi connectivity index (χ0n) is 18.6. The number of amides is 1.